The molecular formula is C28H32BrNO. The van der Waals surface area contributed by atoms with Crippen molar-refractivity contribution in [2.75, 3.05) is 0 Å². The van der Waals surface area contributed by atoms with Crippen LogP contribution in [0.5, 0.6) is 0 Å². The van der Waals surface area contributed by atoms with Crippen molar-refractivity contribution in [1.82, 2.24) is 5.32 Å². The lowest BCUT2D eigenvalue weighted by Crippen LogP contribution is -2.30. The zero-order valence-corrected chi connectivity index (χ0v) is 20.9. The van der Waals surface area contributed by atoms with E-state index in [-0.39, 0.29) is 22.8 Å². The Morgan fingerprint density at radius 2 is 1.23 bits per heavy atom. The Hall–Kier alpha value is -2.39. The molecule has 0 aliphatic rings. The molecule has 0 fully saturated rings. The molecule has 1 atom stereocenters. The lowest BCUT2D eigenvalue weighted by Gasteiger charge is -2.27. The maximum atomic E-state index is 13.5. The van der Waals surface area contributed by atoms with Gasteiger partial charge in [-0.15, -0.1) is 0 Å². The first kappa shape index (κ1) is 23.3. The van der Waals surface area contributed by atoms with Gasteiger partial charge in [0.05, 0.1) is 6.04 Å². The lowest BCUT2D eigenvalue weighted by molar-refractivity contribution is 0.0942. The summed E-state index contributed by atoms with van der Waals surface area (Å²) >= 11 is 3.50. The molecule has 1 N–H and O–H groups in total. The van der Waals surface area contributed by atoms with Crippen LogP contribution in [0.3, 0.4) is 0 Å². The van der Waals surface area contributed by atoms with Crippen LogP contribution in [-0.4, -0.2) is 5.91 Å². The number of halogens is 1. The molecule has 31 heavy (non-hydrogen) atoms. The van der Waals surface area contributed by atoms with Crippen LogP contribution in [0.25, 0.3) is 0 Å². The molecule has 2 nitrogen and oxygen atoms in total. The predicted octanol–water partition coefficient (Wildman–Crippen LogP) is 7.56. The fourth-order valence-electron chi connectivity index (χ4n) is 3.50. The van der Waals surface area contributed by atoms with Crippen molar-refractivity contribution in [1.29, 1.82) is 0 Å². The van der Waals surface area contributed by atoms with Gasteiger partial charge in [-0.1, -0.05) is 106 Å². The molecule has 0 radical (unpaired) electrons. The zero-order valence-electron chi connectivity index (χ0n) is 19.3. The fourth-order valence-corrected chi connectivity index (χ4v) is 3.76. The van der Waals surface area contributed by atoms with Crippen molar-refractivity contribution in [3.8, 4) is 0 Å². The van der Waals surface area contributed by atoms with E-state index in [2.05, 4.69) is 81.0 Å². The van der Waals surface area contributed by atoms with E-state index in [0.29, 0.717) is 5.56 Å². The van der Waals surface area contributed by atoms with Crippen LogP contribution in [0.2, 0.25) is 0 Å². The molecular weight excluding hydrogens is 446 g/mol. The topological polar surface area (TPSA) is 29.1 Å². The van der Waals surface area contributed by atoms with Crippen molar-refractivity contribution in [3.05, 3.63) is 105 Å². The highest BCUT2D eigenvalue weighted by Gasteiger charge is 2.24. The number of carbonyl (C=O) groups excluding carboxylic acids is 1. The van der Waals surface area contributed by atoms with Crippen LogP contribution in [-0.2, 0) is 10.8 Å². The molecule has 0 aliphatic heterocycles. The minimum Gasteiger partial charge on any atom is -0.341 e. The first-order valence-corrected chi connectivity index (χ1v) is 11.5. The fraction of sp³-hybridized carbons (Fsp3) is 0.321. The molecule has 0 unspecified atom stereocenters. The number of carbonyl (C=O) groups is 1. The van der Waals surface area contributed by atoms with Crippen molar-refractivity contribution in [2.45, 2.75) is 58.4 Å². The Morgan fingerprint density at radius 1 is 0.742 bits per heavy atom. The van der Waals surface area contributed by atoms with Gasteiger partial charge >= 0.3 is 0 Å². The van der Waals surface area contributed by atoms with E-state index in [0.717, 1.165) is 15.6 Å². The Balaban J connectivity index is 2.03. The zero-order chi connectivity index (χ0) is 22.8. The number of nitrogens with one attached hydrogen (secondary N) is 1. The van der Waals surface area contributed by atoms with Gasteiger partial charge in [-0.3, -0.25) is 4.79 Å². The molecule has 3 heteroatoms. The van der Waals surface area contributed by atoms with Crippen LogP contribution >= 0.6 is 15.9 Å². The summed E-state index contributed by atoms with van der Waals surface area (Å²) in [4.78, 5) is 13.5. The van der Waals surface area contributed by atoms with Crippen LogP contribution in [0, 0.1) is 0 Å². The molecule has 0 aromatic heterocycles. The smallest absolute Gasteiger partial charge is 0.252 e. The minimum absolute atomic E-state index is 0.0408. The number of amides is 1. The lowest BCUT2D eigenvalue weighted by atomic mass is 9.79. The summed E-state index contributed by atoms with van der Waals surface area (Å²) in [5.41, 5.74) is 5.07. The van der Waals surface area contributed by atoms with Crippen LogP contribution in [0.1, 0.15) is 80.2 Å². The molecule has 162 valence electrons. The second-order valence-electron chi connectivity index (χ2n) is 10.2. The third-order valence-corrected chi connectivity index (χ3v) is 6.07. The summed E-state index contributed by atoms with van der Waals surface area (Å²) < 4.78 is 1.02. The summed E-state index contributed by atoms with van der Waals surface area (Å²) in [6.45, 7) is 13.1. The van der Waals surface area contributed by atoms with E-state index >= 15 is 0 Å². The summed E-state index contributed by atoms with van der Waals surface area (Å²) in [5, 5.41) is 3.29. The second kappa shape index (κ2) is 9.00. The molecule has 0 saturated carbocycles. The van der Waals surface area contributed by atoms with Crippen LogP contribution < -0.4 is 5.32 Å². The monoisotopic (exact) mass is 477 g/mol. The maximum Gasteiger partial charge on any atom is 0.252 e. The van der Waals surface area contributed by atoms with Crippen molar-refractivity contribution in [2.24, 2.45) is 0 Å². The maximum absolute atomic E-state index is 13.5. The third kappa shape index (κ3) is 5.86. The van der Waals surface area contributed by atoms with Crippen LogP contribution in [0.4, 0.5) is 0 Å². The van der Waals surface area contributed by atoms with Crippen molar-refractivity contribution in [3.63, 3.8) is 0 Å². The largest absolute Gasteiger partial charge is 0.341 e. The number of benzene rings is 3. The quantitative estimate of drug-likeness (QED) is 0.412. The van der Waals surface area contributed by atoms with E-state index in [9.17, 15) is 4.79 Å². The van der Waals surface area contributed by atoms with E-state index in [4.69, 9.17) is 0 Å². The molecule has 1 amide bonds. The Morgan fingerprint density at radius 3 is 1.71 bits per heavy atom. The first-order chi connectivity index (χ1) is 14.4. The molecule has 0 aliphatic carbocycles. The average Bonchev–Trinajstić information content (AvgIpc) is 2.71. The van der Waals surface area contributed by atoms with Gasteiger partial charge in [0.15, 0.2) is 0 Å². The number of hydrogen-bond acceptors (Lipinski definition) is 1. The highest BCUT2D eigenvalue weighted by Crippen LogP contribution is 2.31. The Labute approximate surface area is 195 Å². The van der Waals surface area contributed by atoms with Gasteiger partial charge in [0.1, 0.15) is 0 Å². The van der Waals surface area contributed by atoms with Crippen molar-refractivity contribution >= 4 is 21.8 Å². The van der Waals surface area contributed by atoms with E-state index in [1.807, 2.05) is 54.6 Å². The molecule has 0 bridgehead atoms. The Kier molecular flexibility index (Phi) is 6.76. The average molecular weight is 478 g/mol. The highest BCUT2D eigenvalue weighted by atomic mass is 79.9. The van der Waals surface area contributed by atoms with Crippen LogP contribution in [0.15, 0.2) is 77.3 Å². The minimum atomic E-state index is -0.224. The number of rotatable bonds is 4. The van der Waals surface area contributed by atoms with E-state index in [1.54, 1.807) is 0 Å². The molecule has 3 rings (SSSR count). The van der Waals surface area contributed by atoms with Gasteiger partial charge in [0, 0.05) is 10.0 Å². The molecule has 0 saturated heterocycles. The van der Waals surface area contributed by atoms with Gasteiger partial charge < -0.3 is 5.32 Å². The number of hydrogen-bond donors (Lipinski definition) is 1. The SMILES string of the molecule is CC(C)(C)c1cc(C(=O)N[C@@H](c2ccccc2)c2ccc(Br)cc2)cc(C(C)(C)C)c1. The molecule has 0 heterocycles. The molecule has 3 aromatic rings. The Bertz CT molecular complexity index is 1010. The summed E-state index contributed by atoms with van der Waals surface area (Å²) in [5.74, 6) is -0.0617. The second-order valence-corrected chi connectivity index (χ2v) is 11.1. The highest BCUT2D eigenvalue weighted by molar-refractivity contribution is 9.10. The van der Waals surface area contributed by atoms with Gasteiger partial charge in [-0.2, -0.15) is 0 Å². The summed E-state index contributed by atoms with van der Waals surface area (Å²) in [6.07, 6.45) is 0. The van der Waals surface area contributed by atoms with Gasteiger partial charge in [-0.05, 0) is 57.3 Å². The standard InChI is InChI=1S/C28H32BrNO/c1-27(2,3)22-16-21(17-23(18-22)28(4,5)6)26(31)30-25(19-10-8-7-9-11-19)20-12-14-24(29)15-13-20/h7-18,25H,1-6H3,(H,30,31)/t25-/m0/s1. The molecule has 3 aromatic carbocycles. The predicted molar refractivity (Wildman–Crippen MR) is 134 cm³/mol. The third-order valence-electron chi connectivity index (χ3n) is 5.54. The van der Waals surface area contributed by atoms with E-state index < -0.39 is 0 Å². The van der Waals surface area contributed by atoms with E-state index in [1.165, 1.54) is 11.1 Å². The normalized spacial score (nSPS) is 13.0. The summed E-state index contributed by atoms with van der Waals surface area (Å²) in [7, 11) is 0. The van der Waals surface area contributed by atoms with Gasteiger partial charge in [-0.25, -0.2) is 0 Å². The summed E-state index contributed by atoms with van der Waals surface area (Å²) in [6, 6.07) is 24.3. The van der Waals surface area contributed by atoms with Crippen molar-refractivity contribution < 1.29 is 4.79 Å². The van der Waals surface area contributed by atoms with Gasteiger partial charge in [0.25, 0.3) is 5.91 Å². The first-order valence-electron chi connectivity index (χ1n) is 10.7. The molecule has 0 spiro atoms. The van der Waals surface area contributed by atoms with Gasteiger partial charge in [0.2, 0.25) is 0 Å².